The Kier molecular flexibility index (Phi) is 7.18. The quantitative estimate of drug-likeness (QED) is 0.212. The van der Waals surface area contributed by atoms with E-state index in [0.717, 1.165) is 39.3 Å². The Labute approximate surface area is 176 Å². The molecule has 1 N–H and O–H groups in total. The predicted octanol–water partition coefficient (Wildman–Crippen LogP) is 4.12. The van der Waals surface area contributed by atoms with E-state index in [9.17, 15) is 9.00 Å². The van der Waals surface area contributed by atoms with E-state index in [-0.39, 0.29) is 5.75 Å². The number of carbonyl (C=O) groups is 1. The molecular formula is C22H25NO4S2. The van der Waals surface area contributed by atoms with Crippen molar-refractivity contribution in [1.82, 2.24) is 5.48 Å². The van der Waals surface area contributed by atoms with Crippen LogP contribution in [0.3, 0.4) is 0 Å². The Morgan fingerprint density at radius 1 is 1.21 bits per heavy atom. The molecule has 0 aliphatic heterocycles. The number of methoxy groups -OCH3 is 1. The second kappa shape index (κ2) is 9.63. The fourth-order valence-electron chi connectivity index (χ4n) is 2.62. The Hall–Kier alpha value is -2.06. The third-order valence-corrected chi connectivity index (χ3v) is 7.88. The van der Waals surface area contributed by atoms with Crippen LogP contribution in [0.25, 0.3) is 6.08 Å². The van der Waals surface area contributed by atoms with E-state index in [1.807, 2.05) is 55.5 Å². The molecule has 0 bridgehead atoms. The highest BCUT2D eigenvalue weighted by molar-refractivity contribution is 8.00. The molecule has 0 saturated heterocycles. The number of aryl methyl sites for hydroxylation is 1. The highest BCUT2D eigenvalue weighted by atomic mass is 32.2. The molecule has 1 saturated carbocycles. The minimum absolute atomic E-state index is 0.260. The number of nitrogens with one attached hydrogen (secondary N) is 1. The molecule has 0 spiro atoms. The molecule has 154 valence electrons. The summed E-state index contributed by atoms with van der Waals surface area (Å²) in [7, 11) is -1.42. The van der Waals surface area contributed by atoms with Gasteiger partial charge in [-0.1, -0.05) is 66.4 Å². The van der Waals surface area contributed by atoms with Crippen LogP contribution in [0, 0.1) is 6.92 Å². The largest absolute Gasteiger partial charge is 0.467 e. The molecule has 1 aliphatic rings. The van der Waals surface area contributed by atoms with Gasteiger partial charge in [-0.25, -0.2) is 13.3 Å². The topological polar surface area (TPSA) is 64.6 Å². The van der Waals surface area contributed by atoms with Gasteiger partial charge in [0.25, 0.3) is 0 Å². The first-order chi connectivity index (χ1) is 13.9. The zero-order valence-corrected chi connectivity index (χ0v) is 18.2. The highest BCUT2D eigenvalue weighted by Crippen LogP contribution is 2.26. The fourth-order valence-corrected chi connectivity index (χ4v) is 5.53. The smallest absolute Gasteiger partial charge is 0.335 e. The summed E-state index contributed by atoms with van der Waals surface area (Å²) < 4.78 is 24.1. The summed E-state index contributed by atoms with van der Waals surface area (Å²) in [6.45, 7) is 5.74. The average Bonchev–Trinajstić information content (AvgIpc) is 3.58. The summed E-state index contributed by atoms with van der Waals surface area (Å²) in [6, 6.07) is 15.5. The lowest BCUT2D eigenvalue weighted by atomic mass is 10.1. The van der Waals surface area contributed by atoms with Gasteiger partial charge in [0, 0.05) is 9.76 Å². The third-order valence-electron chi connectivity index (χ3n) is 4.45. The molecule has 2 aromatic carbocycles. The van der Waals surface area contributed by atoms with Crippen molar-refractivity contribution in [3.05, 3.63) is 71.8 Å². The number of benzene rings is 2. The number of thioether (sulfide) groups is 1. The normalized spacial score (nSPS) is 16.0. The van der Waals surface area contributed by atoms with E-state index >= 15 is 0 Å². The Morgan fingerprint density at radius 3 is 2.41 bits per heavy atom. The maximum absolute atomic E-state index is 13.5. The summed E-state index contributed by atoms with van der Waals surface area (Å²) >= 11 is 1.26. The molecule has 0 aromatic heterocycles. The molecule has 5 nitrogen and oxygen atoms in total. The lowest BCUT2D eigenvalue weighted by Crippen LogP contribution is -2.37. The summed E-state index contributed by atoms with van der Waals surface area (Å²) in [5, 5.41) is -0.828. The van der Waals surface area contributed by atoms with Crippen molar-refractivity contribution in [2.45, 2.75) is 35.8 Å². The van der Waals surface area contributed by atoms with Crippen LogP contribution < -0.4 is 5.48 Å². The number of hydrogen-bond acceptors (Lipinski definition) is 6. The van der Waals surface area contributed by atoms with E-state index in [1.165, 1.54) is 18.9 Å². The molecule has 1 aliphatic carbocycles. The SMILES string of the molecule is C=Cc1ccc(CS(=O)(ONC(Sc2ccc(C)cc2)C(=O)OC)=C2CC2)cc1. The van der Waals surface area contributed by atoms with Gasteiger partial charge >= 0.3 is 5.97 Å². The summed E-state index contributed by atoms with van der Waals surface area (Å²) in [4.78, 5) is 14.0. The maximum Gasteiger partial charge on any atom is 0.335 e. The van der Waals surface area contributed by atoms with Crippen molar-refractivity contribution in [3.63, 3.8) is 0 Å². The van der Waals surface area contributed by atoms with Crippen molar-refractivity contribution < 1.29 is 18.0 Å². The molecule has 0 heterocycles. The number of esters is 1. The molecule has 2 atom stereocenters. The standard InChI is InChI=1S/C22H25NO4S2/c1-4-17-7-9-18(10-8-17)15-29(25,20-13-14-20)27-23-21(22(24)26-3)28-19-11-5-16(2)6-12-19/h4-12,21,23H,1,13-15H2,2-3H3. The van der Waals surface area contributed by atoms with Crippen LogP contribution in [0.4, 0.5) is 0 Å². The minimum Gasteiger partial charge on any atom is -0.467 e. The van der Waals surface area contributed by atoms with Crippen LogP contribution >= 0.6 is 11.8 Å². The van der Waals surface area contributed by atoms with Crippen LogP contribution in [0.2, 0.25) is 0 Å². The van der Waals surface area contributed by atoms with Gasteiger partial charge in [-0.2, -0.15) is 5.48 Å². The molecule has 3 rings (SSSR count). The van der Waals surface area contributed by atoms with Gasteiger partial charge in [-0.3, -0.25) is 0 Å². The number of carbonyl (C=O) groups excluding carboxylic acids is 1. The van der Waals surface area contributed by atoms with Crippen molar-refractivity contribution in [3.8, 4) is 0 Å². The molecule has 2 unspecified atom stereocenters. The molecular weight excluding hydrogens is 406 g/mol. The number of hydroxylamine groups is 1. The molecule has 29 heavy (non-hydrogen) atoms. The first-order valence-electron chi connectivity index (χ1n) is 9.26. The first kappa shape index (κ1) is 21.6. The number of hydrogen-bond donors (Lipinski definition) is 1. The molecule has 7 heteroatoms. The number of ether oxygens (including phenoxy) is 1. The lowest BCUT2D eigenvalue weighted by molar-refractivity contribution is -0.142. The monoisotopic (exact) mass is 431 g/mol. The molecule has 0 amide bonds. The van der Waals surface area contributed by atoms with Gasteiger partial charge < -0.3 is 4.74 Å². The fraction of sp³-hybridized carbons (Fsp3) is 0.273. The third kappa shape index (κ3) is 5.96. The second-order valence-corrected chi connectivity index (χ2v) is 10.2. The van der Waals surface area contributed by atoms with E-state index < -0.39 is 21.1 Å². The molecule has 1 fully saturated rings. The number of rotatable bonds is 9. The molecule has 0 radical (unpaired) electrons. The Balaban J connectivity index is 1.73. The zero-order chi connectivity index (χ0) is 20.9. The summed E-state index contributed by atoms with van der Waals surface area (Å²) in [5.74, 6) is -0.232. The van der Waals surface area contributed by atoms with Crippen molar-refractivity contribution in [2.75, 3.05) is 7.11 Å². The van der Waals surface area contributed by atoms with E-state index in [4.69, 9.17) is 9.02 Å². The highest BCUT2D eigenvalue weighted by Gasteiger charge is 2.29. The minimum atomic E-state index is -2.74. The van der Waals surface area contributed by atoms with Crippen LogP contribution in [0.15, 0.2) is 60.0 Å². The van der Waals surface area contributed by atoms with Gasteiger partial charge in [0.15, 0.2) is 5.37 Å². The van der Waals surface area contributed by atoms with Gasteiger partial charge in [0.1, 0.15) is 9.80 Å². The van der Waals surface area contributed by atoms with Gasteiger partial charge in [0.2, 0.25) is 0 Å². The van der Waals surface area contributed by atoms with Crippen molar-refractivity contribution >= 4 is 38.5 Å². The average molecular weight is 432 g/mol. The van der Waals surface area contributed by atoms with Gasteiger partial charge in [0.05, 0.1) is 12.9 Å². The molecule has 2 aromatic rings. The second-order valence-electron chi connectivity index (χ2n) is 6.78. The van der Waals surface area contributed by atoms with E-state index in [2.05, 4.69) is 12.1 Å². The lowest BCUT2D eigenvalue weighted by Gasteiger charge is -2.18. The van der Waals surface area contributed by atoms with Crippen molar-refractivity contribution in [2.24, 2.45) is 0 Å². The van der Waals surface area contributed by atoms with Gasteiger partial charge in [-0.15, -0.1) is 0 Å². The van der Waals surface area contributed by atoms with E-state index in [0.29, 0.717) is 0 Å². The van der Waals surface area contributed by atoms with E-state index in [1.54, 1.807) is 6.08 Å². The van der Waals surface area contributed by atoms with Crippen LogP contribution in [0.5, 0.6) is 0 Å². The van der Waals surface area contributed by atoms with Crippen molar-refractivity contribution in [1.29, 1.82) is 0 Å². The van der Waals surface area contributed by atoms with Crippen LogP contribution in [-0.4, -0.2) is 27.5 Å². The van der Waals surface area contributed by atoms with Gasteiger partial charge in [-0.05, 0) is 43.0 Å². The van der Waals surface area contributed by atoms with Crippen LogP contribution in [-0.2, 0) is 29.4 Å². The zero-order valence-electron chi connectivity index (χ0n) is 16.6. The Bertz CT molecular complexity index is 984. The maximum atomic E-state index is 13.5. The first-order valence-corrected chi connectivity index (χ1v) is 11.8. The Morgan fingerprint density at radius 2 is 1.86 bits per heavy atom. The predicted molar refractivity (Wildman–Crippen MR) is 120 cm³/mol. The summed E-state index contributed by atoms with van der Waals surface area (Å²) in [6.07, 6.45) is 3.32. The summed E-state index contributed by atoms with van der Waals surface area (Å²) in [5.41, 5.74) is 5.75. The van der Waals surface area contributed by atoms with Crippen LogP contribution in [0.1, 0.15) is 29.5 Å².